The molecule has 7 heteroatoms. The first kappa shape index (κ1) is 14.5. The van der Waals surface area contributed by atoms with Gasteiger partial charge in [0.2, 0.25) is 10.0 Å². The third kappa shape index (κ3) is 3.76. The molecule has 0 saturated carbocycles. The predicted octanol–water partition coefficient (Wildman–Crippen LogP) is 1.35. The van der Waals surface area contributed by atoms with Crippen molar-refractivity contribution in [2.75, 3.05) is 13.1 Å². The summed E-state index contributed by atoms with van der Waals surface area (Å²) in [5.41, 5.74) is 0.314. The molecule has 1 fully saturated rings. The van der Waals surface area contributed by atoms with E-state index in [1.807, 2.05) is 6.07 Å². The number of benzene rings is 1. The SMILES string of the molecule is N#Cc1cc(Br)cc(S(=O)(=O)NCC2CCCN2)c1. The van der Waals surface area contributed by atoms with E-state index in [1.54, 1.807) is 6.07 Å². The quantitative estimate of drug-likeness (QED) is 0.864. The van der Waals surface area contributed by atoms with Crippen molar-refractivity contribution in [1.29, 1.82) is 5.26 Å². The Bertz CT molecular complexity index is 604. The molecule has 1 unspecified atom stereocenters. The highest BCUT2D eigenvalue weighted by molar-refractivity contribution is 9.10. The maximum absolute atomic E-state index is 12.1. The van der Waals surface area contributed by atoms with Crippen molar-refractivity contribution in [3.05, 3.63) is 28.2 Å². The average molecular weight is 344 g/mol. The van der Waals surface area contributed by atoms with Crippen LogP contribution in [0.15, 0.2) is 27.6 Å². The van der Waals surface area contributed by atoms with Gasteiger partial charge in [0.25, 0.3) is 0 Å². The van der Waals surface area contributed by atoms with Gasteiger partial charge in [-0.15, -0.1) is 0 Å². The Balaban J connectivity index is 2.14. The average Bonchev–Trinajstić information content (AvgIpc) is 2.89. The molecule has 1 aliphatic heterocycles. The second-order valence-electron chi connectivity index (χ2n) is 4.43. The van der Waals surface area contributed by atoms with E-state index in [-0.39, 0.29) is 10.9 Å². The fourth-order valence-electron chi connectivity index (χ4n) is 2.01. The summed E-state index contributed by atoms with van der Waals surface area (Å²) in [5.74, 6) is 0. The lowest BCUT2D eigenvalue weighted by Crippen LogP contribution is -2.37. The number of hydrogen-bond acceptors (Lipinski definition) is 4. The van der Waals surface area contributed by atoms with Crippen LogP contribution in [0, 0.1) is 11.3 Å². The van der Waals surface area contributed by atoms with Crippen LogP contribution in [0.25, 0.3) is 0 Å². The van der Waals surface area contributed by atoms with Gasteiger partial charge in [-0.25, -0.2) is 13.1 Å². The minimum Gasteiger partial charge on any atom is -0.313 e. The fraction of sp³-hybridized carbons (Fsp3) is 0.417. The Morgan fingerprint density at radius 3 is 2.89 bits per heavy atom. The summed E-state index contributed by atoms with van der Waals surface area (Å²) in [6, 6.07) is 6.58. The summed E-state index contributed by atoms with van der Waals surface area (Å²) in [6.07, 6.45) is 2.05. The molecular weight excluding hydrogens is 330 g/mol. The first-order valence-electron chi connectivity index (χ1n) is 5.95. The number of nitriles is 1. The van der Waals surface area contributed by atoms with E-state index in [2.05, 4.69) is 26.0 Å². The number of sulfonamides is 1. The third-order valence-electron chi connectivity index (χ3n) is 2.99. The van der Waals surface area contributed by atoms with Crippen LogP contribution in [0.5, 0.6) is 0 Å². The molecular formula is C12H14BrN3O2S. The molecule has 0 bridgehead atoms. The maximum Gasteiger partial charge on any atom is 0.240 e. The van der Waals surface area contributed by atoms with Gasteiger partial charge in [0, 0.05) is 17.1 Å². The summed E-state index contributed by atoms with van der Waals surface area (Å²) < 4.78 is 27.4. The molecule has 0 aromatic heterocycles. The first-order chi connectivity index (χ1) is 9.01. The van der Waals surface area contributed by atoms with Crippen LogP contribution in [0.1, 0.15) is 18.4 Å². The van der Waals surface area contributed by atoms with Crippen molar-refractivity contribution < 1.29 is 8.42 Å². The molecule has 2 N–H and O–H groups in total. The predicted molar refractivity (Wildman–Crippen MR) is 75.1 cm³/mol. The van der Waals surface area contributed by atoms with E-state index in [0.29, 0.717) is 16.6 Å². The Labute approximate surface area is 121 Å². The number of halogens is 1. The van der Waals surface area contributed by atoms with Crippen molar-refractivity contribution >= 4 is 26.0 Å². The van der Waals surface area contributed by atoms with Crippen molar-refractivity contribution in [2.45, 2.75) is 23.8 Å². The number of hydrogen-bond donors (Lipinski definition) is 2. The standard InChI is InChI=1S/C12H14BrN3O2S/c13-10-4-9(7-14)5-12(6-10)19(17,18)16-8-11-2-1-3-15-11/h4-6,11,15-16H,1-3,8H2. The lowest BCUT2D eigenvalue weighted by molar-refractivity contribution is 0.551. The highest BCUT2D eigenvalue weighted by Gasteiger charge is 2.20. The topological polar surface area (TPSA) is 82.0 Å². The zero-order valence-corrected chi connectivity index (χ0v) is 12.6. The summed E-state index contributed by atoms with van der Waals surface area (Å²) in [5, 5.41) is 12.1. The van der Waals surface area contributed by atoms with Gasteiger partial charge in [-0.3, -0.25) is 0 Å². The number of nitrogens with one attached hydrogen (secondary N) is 2. The molecule has 1 aliphatic rings. The molecule has 0 amide bonds. The second-order valence-corrected chi connectivity index (χ2v) is 7.12. The number of nitrogens with zero attached hydrogens (tertiary/aromatic N) is 1. The van der Waals surface area contributed by atoms with E-state index in [0.717, 1.165) is 19.4 Å². The van der Waals surface area contributed by atoms with Crippen LogP contribution in [0.3, 0.4) is 0 Å². The molecule has 2 rings (SSSR count). The summed E-state index contributed by atoms with van der Waals surface area (Å²) in [6.45, 7) is 1.30. The molecule has 19 heavy (non-hydrogen) atoms. The molecule has 1 aromatic rings. The van der Waals surface area contributed by atoms with Crippen LogP contribution in [0.2, 0.25) is 0 Å². The summed E-state index contributed by atoms with van der Waals surface area (Å²) in [4.78, 5) is 0.108. The highest BCUT2D eigenvalue weighted by atomic mass is 79.9. The van der Waals surface area contributed by atoms with Crippen molar-refractivity contribution in [3.8, 4) is 6.07 Å². The molecule has 5 nitrogen and oxygen atoms in total. The second kappa shape index (κ2) is 6.01. The Kier molecular flexibility index (Phi) is 4.58. The molecule has 1 aromatic carbocycles. The van der Waals surface area contributed by atoms with Gasteiger partial charge in [-0.2, -0.15) is 5.26 Å². The molecule has 0 aliphatic carbocycles. The third-order valence-corrected chi connectivity index (χ3v) is 4.85. The van der Waals surface area contributed by atoms with Crippen molar-refractivity contribution in [3.63, 3.8) is 0 Å². The van der Waals surface area contributed by atoms with E-state index < -0.39 is 10.0 Å². The van der Waals surface area contributed by atoms with Crippen LogP contribution in [-0.4, -0.2) is 27.5 Å². The number of rotatable bonds is 4. The normalized spacial score (nSPS) is 19.3. The largest absolute Gasteiger partial charge is 0.313 e. The van der Waals surface area contributed by atoms with Gasteiger partial charge in [0.15, 0.2) is 0 Å². The zero-order valence-electron chi connectivity index (χ0n) is 10.2. The van der Waals surface area contributed by atoms with Gasteiger partial charge in [-0.1, -0.05) is 15.9 Å². The minimum atomic E-state index is -3.57. The van der Waals surface area contributed by atoms with Crippen LogP contribution in [0.4, 0.5) is 0 Å². The van der Waals surface area contributed by atoms with Crippen LogP contribution in [-0.2, 0) is 10.0 Å². The Morgan fingerprint density at radius 1 is 1.47 bits per heavy atom. The highest BCUT2D eigenvalue weighted by Crippen LogP contribution is 2.19. The smallest absolute Gasteiger partial charge is 0.240 e. The van der Waals surface area contributed by atoms with Gasteiger partial charge in [0.05, 0.1) is 16.5 Å². The lowest BCUT2D eigenvalue weighted by Gasteiger charge is -2.12. The van der Waals surface area contributed by atoms with Gasteiger partial charge in [-0.05, 0) is 37.6 Å². The Hall–Kier alpha value is -0.940. The molecule has 1 saturated heterocycles. The zero-order chi connectivity index (χ0) is 13.9. The van der Waals surface area contributed by atoms with Gasteiger partial charge < -0.3 is 5.32 Å². The van der Waals surface area contributed by atoms with Crippen molar-refractivity contribution in [1.82, 2.24) is 10.0 Å². The van der Waals surface area contributed by atoms with E-state index in [4.69, 9.17) is 5.26 Å². The van der Waals surface area contributed by atoms with E-state index in [9.17, 15) is 8.42 Å². The van der Waals surface area contributed by atoms with Crippen LogP contribution >= 0.6 is 15.9 Å². The van der Waals surface area contributed by atoms with E-state index in [1.165, 1.54) is 12.1 Å². The molecule has 0 radical (unpaired) electrons. The summed E-state index contributed by atoms with van der Waals surface area (Å²) in [7, 11) is -3.57. The maximum atomic E-state index is 12.1. The minimum absolute atomic E-state index is 0.108. The van der Waals surface area contributed by atoms with Gasteiger partial charge in [0.1, 0.15) is 0 Å². The van der Waals surface area contributed by atoms with Crippen LogP contribution < -0.4 is 10.0 Å². The van der Waals surface area contributed by atoms with Crippen molar-refractivity contribution in [2.24, 2.45) is 0 Å². The summed E-state index contributed by atoms with van der Waals surface area (Å²) >= 11 is 3.21. The molecule has 0 spiro atoms. The molecule has 1 atom stereocenters. The lowest BCUT2D eigenvalue weighted by atomic mass is 10.2. The molecule has 102 valence electrons. The monoisotopic (exact) mass is 343 g/mol. The fourth-order valence-corrected chi connectivity index (χ4v) is 3.80. The van der Waals surface area contributed by atoms with Gasteiger partial charge >= 0.3 is 0 Å². The first-order valence-corrected chi connectivity index (χ1v) is 8.22. The Morgan fingerprint density at radius 2 is 2.26 bits per heavy atom. The van der Waals surface area contributed by atoms with E-state index >= 15 is 0 Å². The molecule has 1 heterocycles.